The van der Waals surface area contributed by atoms with Crippen molar-refractivity contribution in [1.82, 2.24) is 4.57 Å². The lowest BCUT2D eigenvalue weighted by molar-refractivity contribution is 0.296. The highest BCUT2D eigenvalue weighted by Crippen LogP contribution is 2.17. The van der Waals surface area contributed by atoms with E-state index in [1.165, 1.54) is 4.57 Å². The van der Waals surface area contributed by atoms with E-state index < -0.39 is 0 Å². The van der Waals surface area contributed by atoms with Gasteiger partial charge < -0.3 is 15.0 Å². The average molecular weight is 353 g/mol. The predicted molar refractivity (Wildman–Crippen MR) is 86.2 cm³/mol. The summed E-state index contributed by atoms with van der Waals surface area (Å²) in [4.78, 5) is 12.1. The Hall–Kier alpha value is -1.66. The van der Waals surface area contributed by atoms with Crippen molar-refractivity contribution in [3.05, 3.63) is 63.0 Å². The van der Waals surface area contributed by atoms with Crippen LogP contribution < -0.4 is 16.0 Å². The molecule has 0 bridgehead atoms. The van der Waals surface area contributed by atoms with Crippen molar-refractivity contribution in [2.24, 2.45) is 5.73 Å². The number of nitrogens with two attached hydrogens (primary N) is 1. The number of nitrogens with zero attached hydrogens (tertiary/aromatic N) is 1. The lowest BCUT2D eigenvalue weighted by Gasteiger charge is -2.09. The second kappa shape index (κ2) is 6.67. The monoisotopic (exact) mass is 352 g/mol. The summed E-state index contributed by atoms with van der Waals surface area (Å²) in [7, 11) is 0. The Labute approximate surface area is 130 Å². The molecule has 1 heterocycles. The molecule has 0 saturated heterocycles. The maximum absolute atomic E-state index is 12.0. The first-order valence-corrected chi connectivity index (χ1v) is 7.15. The maximum Gasteiger partial charge on any atom is 0.260 e. The van der Waals surface area contributed by atoms with Gasteiger partial charge in [-0.3, -0.25) is 4.79 Å². The Balaban J connectivity index is 2.03. The van der Waals surface area contributed by atoms with E-state index in [0.29, 0.717) is 18.7 Å². The number of rotatable bonds is 5. The normalized spacial score (nSPS) is 10.2. The van der Waals surface area contributed by atoms with Gasteiger partial charge in [0.25, 0.3) is 5.56 Å². The standard InChI is InChI=1S/C14H13BrN2O2S/c15-10-3-1-4-11(9-10)19-8-7-17-6-2-5-12(13(16)20)14(17)18/h1-6,9H,7-8H2,(H2,16,20). The van der Waals surface area contributed by atoms with E-state index in [9.17, 15) is 4.79 Å². The lowest BCUT2D eigenvalue weighted by Crippen LogP contribution is -2.29. The zero-order valence-corrected chi connectivity index (χ0v) is 13.0. The highest BCUT2D eigenvalue weighted by Gasteiger charge is 2.05. The number of aromatic nitrogens is 1. The summed E-state index contributed by atoms with van der Waals surface area (Å²) in [5.41, 5.74) is 5.66. The molecule has 1 aromatic heterocycles. The van der Waals surface area contributed by atoms with Crippen LogP contribution in [0.4, 0.5) is 0 Å². The van der Waals surface area contributed by atoms with Crippen molar-refractivity contribution in [1.29, 1.82) is 0 Å². The number of ether oxygens (including phenoxy) is 1. The van der Waals surface area contributed by atoms with Crippen molar-refractivity contribution < 1.29 is 4.74 Å². The van der Waals surface area contributed by atoms with E-state index in [2.05, 4.69) is 15.9 Å². The molecular weight excluding hydrogens is 340 g/mol. The fourth-order valence-electron chi connectivity index (χ4n) is 1.72. The van der Waals surface area contributed by atoms with Crippen molar-refractivity contribution in [3.63, 3.8) is 0 Å². The molecule has 0 radical (unpaired) electrons. The third-order valence-electron chi connectivity index (χ3n) is 2.68. The lowest BCUT2D eigenvalue weighted by atomic mass is 10.3. The molecule has 0 aliphatic heterocycles. The molecule has 104 valence electrons. The van der Waals surface area contributed by atoms with Crippen LogP contribution in [0, 0.1) is 0 Å². The summed E-state index contributed by atoms with van der Waals surface area (Å²) in [5.74, 6) is 0.748. The highest BCUT2D eigenvalue weighted by atomic mass is 79.9. The van der Waals surface area contributed by atoms with Gasteiger partial charge in [-0.2, -0.15) is 0 Å². The van der Waals surface area contributed by atoms with E-state index in [4.69, 9.17) is 22.7 Å². The maximum atomic E-state index is 12.0. The Kier molecular flexibility index (Phi) is 4.92. The molecule has 4 nitrogen and oxygen atoms in total. The van der Waals surface area contributed by atoms with E-state index in [-0.39, 0.29) is 10.5 Å². The number of halogens is 1. The first kappa shape index (κ1) is 14.7. The van der Waals surface area contributed by atoms with Gasteiger partial charge in [-0.25, -0.2) is 0 Å². The van der Waals surface area contributed by atoms with Crippen molar-refractivity contribution in [2.45, 2.75) is 6.54 Å². The van der Waals surface area contributed by atoms with Crippen molar-refractivity contribution >= 4 is 33.1 Å². The summed E-state index contributed by atoms with van der Waals surface area (Å²) in [6, 6.07) is 10.9. The van der Waals surface area contributed by atoms with Crippen LogP contribution in [0.3, 0.4) is 0 Å². The first-order valence-electron chi connectivity index (χ1n) is 5.95. The summed E-state index contributed by atoms with van der Waals surface area (Å²) in [5, 5.41) is 0. The van der Waals surface area contributed by atoms with E-state index in [1.807, 2.05) is 24.3 Å². The van der Waals surface area contributed by atoms with E-state index in [1.54, 1.807) is 18.3 Å². The summed E-state index contributed by atoms with van der Waals surface area (Å²) in [6.45, 7) is 0.818. The molecule has 0 aliphatic rings. The van der Waals surface area contributed by atoms with Gasteiger partial charge in [0, 0.05) is 10.7 Å². The molecule has 0 amide bonds. The molecule has 2 aromatic rings. The van der Waals surface area contributed by atoms with Gasteiger partial charge in [-0.05, 0) is 30.3 Å². The predicted octanol–water partition coefficient (Wildman–Crippen LogP) is 2.32. The van der Waals surface area contributed by atoms with Crippen LogP contribution in [-0.2, 0) is 6.54 Å². The minimum atomic E-state index is -0.196. The average Bonchev–Trinajstić information content (AvgIpc) is 2.40. The fraction of sp³-hybridized carbons (Fsp3) is 0.143. The Morgan fingerprint density at radius 3 is 2.85 bits per heavy atom. The van der Waals surface area contributed by atoms with Gasteiger partial charge in [-0.1, -0.05) is 34.2 Å². The molecule has 20 heavy (non-hydrogen) atoms. The zero-order valence-electron chi connectivity index (χ0n) is 10.6. The summed E-state index contributed by atoms with van der Waals surface area (Å²) < 4.78 is 8.07. The smallest absolute Gasteiger partial charge is 0.260 e. The third-order valence-corrected chi connectivity index (χ3v) is 3.40. The number of hydrogen-bond acceptors (Lipinski definition) is 3. The number of thiocarbonyl (C=S) groups is 1. The Morgan fingerprint density at radius 2 is 2.15 bits per heavy atom. The summed E-state index contributed by atoms with van der Waals surface area (Å²) in [6.07, 6.45) is 1.69. The van der Waals surface area contributed by atoms with E-state index in [0.717, 1.165) is 10.2 Å². The van der Waals surface area contributed by atoms with Crippen LogP contribution in [0.25, 0.3) is 0 Å². The minimum absolute atomic E-state index is 0.109. The van der Waals surface area contributed by atoms with Gasteiger partial charge in [0.2, 0.25) is 0 Å². The first-order chi connectivity index (χ1) is 9.58. The zero-order chi connectivity index (χ0) is 14.5. The number of pyridine rings is 1. The molecule has 0 saturated carbocycles. The van der Waals surface area contributed by atoms with Crippen LogP contribution in [0.5, 0.6) is 5.75 Å². The molecule has 0 unspecified atom stereocenters. The Morgan fingerprint density at radius 1 is 1.35 bits per heavy atom. The van der Waals surface area contributed by atoms with Gasteiger partial charge >= 0.3 is 0 Å². The van der Waals surface area contributed by atoms with Crippen LogP contribution in [0.1, 0.15) is 5.56 Å². The molecule has 2 N–H and O–H groups in total. The molecular formula is C14H13BrN2O2S. The fourth-order valence-corrected chi connectivity index (χ4v) is 2.25. The van der Waals surface area contributed by atoms with E-state index >= 15 is 0 Å². The largest absolute Gasteiger partial charge is 0.492 e. The van der Waals surface area contributed by atoms with Gasteiger partial charge in [0.1, 0.15) is 17.3 Å². The highest BCUT2D eigenvalue weighted by molar-refractivity contribution is 9.10. The van der Waals surface area contributed by atoms with Crippen LogP contribution in [0.2, 0.25) is 0 Å². The Bertz CT molecular complexity index is 685. The number of benzene rings is 1. The van der Waals surface area contributed by atoms with Crippen LogP contribution in [0.15, 0.2) is 51.9 Å². The SMILES string of the molecule is NC(=S)c1cccn(CCOc2cccc(Br)c2)c1=O. The van der Waals surface area contributed by atoms with Gasteiger partial charge in [0.05, 0.1) is 12.1 Å². The van der Waals surface area contributed by atoms with Crippen molar-refractivity contribution in [3.8, 4) is 5.75 Å². The van der Waals surface area contributed by atoms with Gasteiger partial charge in [-0.15, -0.1) is 0 Å². The molecule has 0 aliphatic carbocycles. The quantitative estimate of drug-likeness (QED) is 0.839. The van der Waals surface area contributed by atoms with Gasteiger partial charge in [0.15, 0.2) is 0 Å². The summed E-state index contributed by atoms with van der Waals surface area (Å²) >= 11 is 8.21. The molecule has 0 spiro atoms. The topological polar surface area (TPSA) is 57.2 Å². The molecule has 0 atom stereocenters. The van der Waals surface area contributed by atoms with Crippen molar-refractivity contribution in [2.75, 3.05) is 6.61 Å². The minimum Gasteiger partial charge on any atom is -0.492 e. The molecule has 2 rings (SSSR count). The number of hydrogen-bond donors (Lipinski definition) is 1. The second-order valence-electron chi connectivity index (χ2n) is 4.09. The molecule has 1 aromatic carbocycles. The second-order valence-corrected chi connectivity index (χ2v) is 5.45. The molecule has 6 heteroatoms. The third kappa shape index (κ3) is 3.68. The van der Waals surface area contributed by atoms with Crippen LogP contribution in [-0.4, -0.2) is 16.2 Å². The van der Waals surface area contributed by atoms with Crippen LogP contribution >= 0.6 is 28.1 Å². The molecule has 0 fully saturated rings.